The second-order valence-electron chi connectivity index (χ2n) is 7.33. The maximum Gasteiger partial charge on any atom is 0.263 e. The molecule has 3 aromatic heterocycles. The molecule has 160 valence electrons. The quantitative estimate of drug-likeness (QED) is 0.247. The van der Waals surface area contributed by atoms with E-state index in [0.717, 1.165) is 10.4 Å². The third-order valence-electron chi connectivity index (χ3n) is 4.47. The van der Waals surface area contributed by atoms with Crippen molar-refractivity contribution in [3.63, 3.8) is 0 Å². The summed E-state index contributed by atoms with van der Waals surface area (Å²) in [4.78, 5) is 32.4. The SMILES string of the molecule is CC(C)Cn1c(SCC(=O)Nc2ccccc2Cl)nc2scc(-c3cccs3)c2c1=O. The van der Waals surface area contributed by atoms with Crippen molar-refractivity contribution in [1.82, 2.24) is 9.55 Å². The number of nitrogens with zero attached hydrogens (tertiary/aromatic N) is 2. The first-order valence-electron chi connectivity index (χ1n) is 9.67. The summed E-state index contributed by atoms with van der Waals surface area (Å²) in [6.45, 7) is 4.65. The second-order valence-corrected chi connectivity index (χ2v) is 10.5. The largest absolute Gasteiger partial charge is 0.324 e. The molecule has 0 aliphatic carbocycles. The van der Waals surface area contributed by atoms with Crippen LogP contribution in [0.3, 0.4) is 0 Å². The Hall–Kier alpha value is -2.13. The lowest BCUT2D eigenvalue weighted by Crippen LogP contribution is -2.26. The molecule has 0 aliphatic heterocycles. The van der Waals surface area contributed by atoms with Crippen LogP contribution in [0.25, 0.3) is 20.7 Å². The van der Waals surface area contributed by atoms with E-state index in [1.807, 2.05) is 35.0 Å². The van der Waals surface area contributed by atoms with E-state index in [1.165, 1.54) is 23.1 Å². The minimum Gasteiger partial charge on any atom is -0.324 e. The van der Waals surface area contributed by atoms with E-state index in [0.29, 0.717) is 32.6 Å². The van der Waals surface area contributed by atoms with Crippen LogP contribution in [0.2, 0.25) is 5.02 Å². The van der Waals surface area contributed by atoms with Crippen molar-refractivity contribution in [2.45, 2.75) is 25.5 Å². The van der Waals surface area contributed by atoms with Crippen molar-refractivity contribution in [2.24, 2.45) is 5.92 Å². The number of benzene rings is 1. The molecule has 0 atom stereocenters. The summed E-state index contributed by atoms with van der Waals surface area (Å²) in [7, 11) is 0. The van der Waals surface area contributed by atoms with E-state index >= 15 is 0 Å². The fraction of sp³-hybridized carbons (Fsp3) is 0.227. The summed E-state index contributed by atoms with van der Waals surface area (Å²) >= 11 is 10.4. The van der Waals surface area contributed by atoms with Crippen LogP contribution < -0.4 is 10.9 Å². The predicted molar refractivity (Wildman–Crippen MR) is 133 cm³/mol. The number of amides is 1. The summed E-state index contributed by atoms with van der Waals surface area (Å²) in [5, 5.41) is 8.49. The highest BCUT2D eigenvalue weighted by molar-refractivity contribution is 7.99. The van der Waals surface area contributed by atoms with Crippen LogP contribution in [0.5, 0.6) is 0 Å². The number of halogens is 1. The van der Waals surface area contributed by atoms with E-state index in [9.17, 15) is 9.59 Å². The van der Waals surface area contributed by atoms with Gasteiger partial charge in [-0.25, -0.2) is 4.98 Å². The van der Waals surface area contributed by atoms with Crippen molar-refractivity contribution in [2.75, 3.05) is 11.1 Å². The van der Waals surface area contributed by atoms with Crippen LogP contribution in [0.4, 0.5) is 5.69 Å². The molecule has 1 N–H and O–H groups in total. The van der Waals surface area contributed by atoms with Gasteiger partial charge in [-0.05, 0) is 29.5 Å². The molecule has 0 aliphatic rings. The minimum absolute atomic E-state index is 0.0580. The first kappa shape index (κ1) is 22.1. The van der Waals surface area contributed by atoms with Crippen LogP contribution in [0.1, 0.15) is 13.8 Å². The van der Waals surface area contributed by atoms with Crippen molar-refractivity contribution < 1.29 is 4.79 Å². The number of thiophene rings is 2. The molecule has 0 saturated carbocycles. The molecule has 0 fully saturated rings. The van der Waals surface area contributed by atoms with Gasteiger partial charge < -0.3 is 5.32 Å². The van der Waals surface area contributed by atoms with Crippen molar-refractivity contribution in [1.29, 1.82) is 0 Å². The Kier molecular flexibility index (Phi) is 6.81. The molecule has 0 radical (unpaired) electrons. The molecule has 4 rings (SSSR count). The van der Waals surface area contributed by atoms with Crippen molar-refractivity contribution in [3.05, 3.63) is 62.5 Å². The number of hydrogen-bond donors (Lipinski definition) is 1. The van der Waals surface area contributed by atoms with Crippen molar-refractivity contribution in [3.8, 4) is 10.4 Å². The molecule has 0 bridgehead atoms. The number of carbonyl (C=O) groups is 1. The zero-order valence-electron chi connectivity index (χ0n) is 16.9. The second kappa shape index (κ2) is 9.56. The molecule has 1 amide bonds. The number of aromatic nitrogens is 2. The molecular formula is C22H20ClN3O2S3. The summed E-state index contributed by atoms with van der Waals surface area (Å²) in [5.74, 6) is 0.191. The first-order valence-corrected chi connectivity index (χ1v) is 12.8. The number of carbonyl (C=O) groups excluding carboxylic acids is 1. The molecule has 0 unspecified atom stereocenters. The molecule has 9 heteroatoms. The monoisotopic (exact) mass is 489 g/mol. The van der Waals surface area contributed by atoms with Gasteiger partial charge in [-0.3, -0.25) is 14.2 Å². The Morgan fingerprint density at radius 1 is 1.23 bits per heavy atom. The van der Waals surface area contributed by atoms with E-state index in [-0.39, 0.29) is 23.1 Å². The maximum absolute atomic E-state index is 13.4. The maximum atomic E-state index is 13.4. The van der Waals surface area contributed by atoms with Crippen molar-refractivity contribution >= 4 is 67.8 Å². The average molecular weight is 490 g/mol. The predicted octanol–water partition coefficient (Wildman–Crippen LogP) is 6.23. The van der Waals surface area contributed by atoms with Crippen LogP contribution in [-0.2, 0) is 11.3 Å². The molecule has 3 heterocycles. The van der Waals surface area contributed by atoms with E-state index in [4.69, 9.17) is 16.6 Å². The lowest BCUT2D eigenvalue weighted by Gasteiger charge is -2.14. The van der Waals surface area contributed by atoms with Gasteiger partial charge in [0.1, 0.15) is 4.83 Å². The fourth-order valence-electron chi connectivity index (χ4n) is 3.13. The Labute approximate surface area is 197 Å². The number of rotatable bonds is 7. The normalized spacial score (nSPS) is 11.4. The number of fused-ring (bicyclic) bond motifs is 1. The number of nitrogens with one attached hydrogen (secondary N) is 1. The van der Waals surface area contributed by atoms with Gasteiger partial charge in [-0.15, -0.1) is 22.7 Å². The van der Waals surface area contributed by atoms with Crippen LogP contribution in [-0.4, -0.2) is 21.2 Å². The van der Waals surface area contributed by atoms with Gasteiger partial charge in [0.05, 0.1) is 21.8 Å². The van der Waals surface area contributed by atoms with Gasteiger partial charge in [0, 0.05) is 22.4 Å². The first-order chi connectivity index (χ1) is 14.9. The lowest BCUT2D eigenvalue weighted by atomic mass is 10.2. The van der Waals surface area contributed by atoms with Gasteiger partial charge in [0.25, 0.3) is 5.56 Å². The molecule has 1 aromatic carbocycles. The highest BCUT2D eigenvalue weighted by Gasteiger charge is 2.19. The Morgan fingerprint density at radius 2 is 2.03 bits per heavy atom. The smallest absolute Gasteiger partial charge is 0.263 e. The minimum atomic E-state index is -0.200. The Bertz CT molecular complexity index is 1280. The van der Waals surface area contributed by atoms with Gasteiger partial charge in [-0.2, -0.15) is 0 Å². The lowest BCUT2D eigenvalue weighted by molar-refractivity contribution is -0.113. The molecule has 4 aromatic rings. The molecule has 0 saturated heterocycles. The standard InChI is InChI=1S/C22H20ClN3O2S3/c1-13(2)10-26-21(28)19-14(17-8-5-9-29-17)11-30-20(19)25-22(26)31-12-18(27)24-16-7-4-3-6-15(16)23/h3-9,11,13H,10,12H2,1-2H3,(H,24,27). The number of para-hydroxylation sites is 1. The molecule has 5 nitrogen and oxygen atoms in total. The van der Waals surface area contributed by atoms with Crippen LogP contribution in [0.15, 0.2) is 57.1 Å². The zero-order valence-corrected chi connectivity index (χ0v) is 20.1. The topological polar surface area (TPSA) is 64.0 Å². The molecule has 31 heavy (non-hydrogen) atoms. The number of anilines is 1. The Balaban J connectivity index is 1.64. The Morgan fingerprint density at radius 3 is 2.74 bits per heavy atom. The van der Waals surface area contributed by atoms with Gasteiger partial charge in [0.2, 0.25) is 5.91 Å². The summed E-state index contributed by atoms with van der Waals surface area (Å²) < 4.78 is 1.70. The highest BCUT2D eigenvalue weighted by atomic mass is 35.5. The van der Waals surface area contributed by atoms with Gasteiger partial charge >= 0.3 is 0 Å². The van der Waals surface area contributed by atoms with E-state index < -0.39 is 0 Å². The van der Waals surface area contributed by atoms with Crippen LogP contribution >= 0.6 is 46.0 Å². The highest BCUT2D eigenvalue weighted by Crippen LogP contribution is 2.34. The summed E-state index contributed by atoms with van der Waals surface area (Å²) in [5.41, 5.74) is 1.44. The summed E-state index contributed by atoms with van der Waals surface area (Å²) in [6.07, 6.45) is 0. The zero-order chi connectivity index (χ0) is 22.0. The third kappa shape index (κ3) is 4.87. The van der Waals surface area contributed by atoms with Crippen LogP contribution in [0, 0.1) is 5.92 Å². The van der Waals surface area contributed by atoms with E-state index in [1.54, 1.807) is 28.0 Å². The average Bonchev–Trinajstić information content (AvgIpc) is 3.40. The van der Waals surface area contributed by atoms with Gasteiger partial charge in [-0.1, -0.05) is 55.4 Å². The van der Waals surface area contributed by atoms with Gasteiger partial charge in [0.15, 0.2) is 5.16 Å². The third-order valence-corrected chi connectivity index (χ3v) is 7.55. The molecule has 0 spiro atoms. The number of thioether (sulfide) groups is 1. The fourth-order valence-corrected chi connectivity index (χ4v) is 5.93. The summed E-state index contributed by atoms with van der Waals surface area (Å²) in [6, 6.07) is 11.1. The van der Waals surface area contributed by atoms with E-state index in [2.05, 4.69) is 19.2 Å². The number of hydrogen-bond acceptors (Lipinski definition) is 6. The molecular weight excluding hydrogens is 470 g/mol.